The molecule has 104 valence electrons. The molecule has 6 nitrogen and oxygen atoms in total. The molecule has 0 radical (unpaired) electrons. The fraction of sp³-hybridized carbons (Fsp3) is 0.500. The van der Waals surface area contributed by atoms with E-state index in [0.717, 1.165) is 5.56 Å². The monoisotopic (exact) mass is 283 g/mol. The van der Waals surface area contributed by atoms with Crippen LogP contribution in [0, 0.1) is 0 Å². The number of rotatable bonds is 5. The Balaban J connectivity index is 1.83. The first kappa shape index (κ1) is 14.0. The second kappa shape index (κ2) is 6.12. The van der Waals surface area contributed by atoms with Gasteiger partial charge in [-0.05, 0) is 30.5 Å². The van der Waals surface area contributed by atoms with E-state index in [0.29, 0.717) is 25.8 Å². The van der Waals surface area contributed by atoms with Crippen LogP contribution < -0.4 is 10.0 Å². The number of nitrogens with zero attached hydrogens (tertiary/aromatic N) is 1. The topological polar surface area (TPSA) is 88.2 Å². The Morgan fingerprint density at radius 2 is 2.11 bits per heavy atom. The van der Waals surface area contributed by atoms with Crippen molar-refractivity contribution in [3.63, 3.8) is 0 Å². The molecule has 2 rings (SSSR count). The van der Waals surface area contributed by atoms with Gasteiger partial charge in [0.15, 0.2) is 0 Å². The summed E-state index contributed by atoms with van der Waals surface area (Å²) in [5, 5.41) is 2.65. The summed E-state index contributed by atoms with van der Waals surface area (Å²) >= 11 is 0. The standard InChI is InChI=1S/C12H17N3O3S/c16-12-2-1-11(9-14-12)15-19(17,18)8-5-10-3-6-13-7-4-10/h3-4,6-7,11,15H,1-2,5,8-9H2,(H,14,16). The van der Waals surface area contributed by atoms with Crippen LogP contribution in [-0.2, 0) is 21.2 Å². The van der Waals surface area contributed by atoms with Crippen molar-refractivity contribution in [2.45, 2.75) is 25.3 Å². The lowest BCUT2D eigenvalue weighted by atomic mass is 10.1. The molecule has 1 atom stereocenters. The number of sulfonamides is 1. The van der Waals surface area contributed by atoms with Crippen molar-refractivity contribution in [3.8, 4) is 0 Å². The van der Waals surface area contributed by atoms with Crippen LogP contribution in [0.5, 0.6) is 0 Å². The molecule has 19 heavy (non-hydrogen) atoms. The van der Waals surface area contributed by atoms with Crippen molar-refractivity contribution in [2.75, 3.05) is 12.3 Å². The third kappa shape index (κ3) is 4.60. The number of nitrogens with one attached hydrogen (secondary N) is 2. The van der Waals surface area contributed by atoms with Crippen molar-refractivity contribution in [3.05, 3.63) is 30.1 Å². The molecule has 0 saturated carbocycles. The van der Waals surface area contributed by atoms with Gasteiger partial charge in [-0.1, -0.05) is 0 Å². The van der Waals surface area contributed by atoms with E-state index >= 15 is 0 Å². The maximum Gasteiger partial charge on any atom is 0.220 e. The van der Waals surface area contributed by atoms with Crippen LogP contribution >= 0.6 is 0 Å². The number of amides is 1. The first-order valence-corrected chi connectivity index (χ1v) is 7.86. The normalized spacial score (nSPS) is 20.0. The molecule has 1 aliphatic rings. The van der Waals surface area contributed by atoms with Crippen LogP contribution in [0.2, 0.25) is 0 Å². The molecule has 7 heteroatoms. The number of hydrogen-bond acceptors (Lipinski definition) is 4. The lowest BCUT2D eigenvalue weighted by Gasteiger charge is -2.23. The summed E-state index contributed by atoms with van der Waals surface area (Å²) in [4.78, 5) is 14.9. The predicted octanol–water partition coefficient (Wildman–Crippen LogP) is -0.178. The highest BCUT2D eigenvalue weighted by Gasteiger charge is 2.22. The number of pyridine rings is 1. The van der Waals surface area contributed by atoms with E-state index in [1.807, 2.05) is 0 Å². The molecule has 0 spiro atoms. The van der Waals surface area contributed by atoms with Crippen molar-refractivity contribution >= 4 is 15.9 Å². The third-order valence-corrected chi connectivity index (χ3v) is 4.45. The number of carbonyl (C=O) groups is 1. The summed E-state index contributed by atoms with van der Waals surface area (Å²) < 4.78 is 26.5. The van der Waals surface area contributed by atoms with Gasteiger partial charge in [-0.25, -0.2) is 13.1 Å². The number of aryl methyl sites for hydroxylation is 1. The van der Waals surface area contributed by atoms with E-state index in [-0.39, 0.29) is 17.7 Å². The van der Waals surface area contributed by atoms with Gasteiger partial charge in [0.2, 0.25) is 15.9 Å². The predicted molar refractivity (Wildman–Crippen MR) is 70.9 cm³/mol. The zero-order valence-electron chi connectivity index (χ0n) is 10.5. The molecule has 1 aromatic rings. The number of hydrogen-bond donors (Lipinski definition) is 2. The summed E-state index contributed by atoms with van der Waals surface area (Å²) in [5.74, 6) is 0.0220. The molecule has 0 aliphatic carbocycles. The number of piperidine rings is 1. The summed E-state index contributed by atoms with van der Waals surface area (Å²) in [6, 6.07) is 3.41. The second-order valence-corrected chi connectivity index (χ2v) is 6.46. The van der Waals surface area contributed by atoms with Gasteiger partial charge in [0.25, 0.3) is 0 Å². The summed E-state index contributed by atoms with van der Waals surface area (Å²) in [5.41, 5.74) is 0.942. The van der Waals surface area contributed by atoms with Crippen LogP contribution in [0.25, 0.3) is 0 Å². The fourth-order valence-corrected chi connectivity index (χ4v) is 3.28. The van der Waals surface area contributed by atoms with Crippen molar-refractivity contribution in [2.24, 2.45) is 0 Å². The van der Waals surface area contributed by atoms with Crippen LogP contribution in [0.15, 0.2) is 24.5 Å². The molecule has 2 heterocycles. The Kier molecular flexibility index (Phi) is 4.49. The molecule has 0 aromatic carbocycles. The van der Waals surface area contributed by atoms with Gasteiger partial charge in [-0.15, -0.1) is 0 Å². The van der Waals surface area contributed by atoms with Gasteiger partial charge < -0.3 is 5.32 Å². The van der Waals surface area contributed by atoms with Gasteiger partial charge in [0.05, 0.1) is 5.75 Å². The van der Waals surface area contributed by atoms with Crippen molar-refractivity contribution in [1.29, 1.82) is 0 Å². The Morgan fingerprint density at radius 3 is 2.74 bits per heavy atom. The van der Waals surface area contributed by atoms with E-state index in [9.17, 15) is 13.2 Å². The van der Waals surface area contributed by atoms with Gasteiger partial charge >= 0.3 is 0 Å². The zero-order valence-corrected chi connectivity index (χ0v) is 11.3. The lowest BCUT2D eigenvalue weighted by molar-refractivity contribution is -0.122. The summed E-state index contributed by atoms with van der Waals surface area (Å²) in [6.07, 6.45) is 4.67. The van der Waals surface area contributed by atoms with Crippen LogP contribution in [-0.4, -0.2) is 37.6 Å². The van der Waals surface area contributed by atoms with Crippen LogP contribution in [0.4, 0.5) is 0 Å². The van der Waals surface area contributed by atoms with Gasteiger partial charge in [-0.3, -0.25) is 9.78 Å². The smallest absolute Gasteiger partial charge is 0.220 e. The zero-order chi connectivity index (χ0) is 13.7. The molecule has 1 amide bonds. The largest absolute Gasteiger partial charge is 0.355 e. The van der Waals surface area contributed by atoms with E-state index < -0.39 is 10.0 Å². The number of carbonyl (C=O) groups excluding carboxylic acids is 1. The minimum atomic E-state index is -3.32. The third-order valence-electron chi connectivity index (χ3n) is 3.02. The maximum absolute atomic E-state index is 11.9. The average molecular weight is 283 g/mol. The highest BCUT2D eigenvalue weighted by Crippen LogP contribution is 2.06. The minimum Gasteiger partial charge on any atom is -0.355 e. The second-order valence-electron chi connectivity index (χ2n) is 4.58. The molecule has 2 N–H and O–H groups in total. The molecule has 1 aromatic heterocycles. The first-order valence-electron chi connectivity index (χ1n) is 6.21. The Labute approximate surface area is 112 Å². The van der Waals surface area contributed by atoms with E-state index in [4.69, 9.17) is 0 Å². The summed E-state index contributed by atoms with van der Waals surface area (Å²) in [7, 11) is -3.32. The Morgan fingerprint density at radius 1 is 1.37 bits per heavy atom. The SMILES string of the molecule is O=C1CCC(NS(=O)(=O)CCc2ccncc2)CN1. The van der Waals surface area contributed by atoms with Crippen LogP contribution in [0.1, 0.15) is 18.4 Å². The summed E-state index contributed by atoms with van der Waals surface area (Å²) in [6.45, 7) is 0.368. The molecular weight excluding hydrogens is 266 g/mol. The van der Waals surface area contributed by atoms with Crippen LogP contribution in [0.3, 0.4) is 0 Å². The van der Waals surface area contributed by atoms with Crippen molar-refractivity contribution < 1.29 is 13.2 Å². The van der Waals surface area contributed by atoms with Gasteiger partial charge in [-0.2, -0.15) is 0 Å². The van der Waals surface area contributed by atoms with Gasteiger partial charge in [0.1, 0.15) is 0 Å². The molecule has 1 fully saturated rings. The minimum absolute atomic E-state index is 0.0211. The highest BCUT2D eigenvalue weighted by molar-refractivity contribution is 7.89. The quantitative estimate of drug-likeness (QED) is 0.785. The molecule has 0 bridgehead atoms. The van der Waals surface area contributed by atoms with Crippen molar-refractivity contribution in [1.82, 2.24) is 15.0 Å². The van der Waals surface area contributed by atoms with E-state index in [1.54, 1.807) is 24.5 Å². The molecule has 1 saturated heterocycles. The molecular formula is C12H17N3O3S. The Hall–Kier alpha value is -1.47. The molecule has 1 unspecified atom stereocenters. The first-order chi connectivity index (χ1) is 9.05. The fourth-order valence-electron chi connectivity index (χ4n) is 1.95. The average Bonchev–Trinajstić information content (AvgIpc) is 2.40. The maximum atomic E-state index is 11.9. The molecule has 1 aliphatic heterocycles. The van der Waals surface area contributed by atoms with E-state index in [1.165, 1.54) is 0 Å². The lowest BCUT2D eigenvalue weighted by Crippen LogP contribution is -2.48. The highest BCUT2D eigenvalue weighted by atomic mass is 32.2. The van der Waals surface area contributed by atoms with Gasteiger partial charge in [0, 0.05) is 31.4 Å². The van der Waals surface area contributed by atoms with E-state index in [2.05, 4.69) is 15.0 Å². The number of aromatic nitrogens is 1. The Bertz CT molecular complexity index is 520.